The highest BCUT2D eigenvalue weighted by Crippen LogP contribution is 2.23. The van der Waals surface area contributed by atoms with E-state index in [4.69, 9.17) is 11.6 Å². The summed E-state index contributed by atoms with van der Waals surface area (Å²) in [6, 6.07) is 5.86. The fourth-order valence-electron chi connectivity index (χ4n) is 2.58. The first-order valence-corrected chi connectivity index (χ1v) is 8.08. The minimum Gasteiger partial charge on any atom is -0.339 e. The summed E-state index contributed by atoms with van der Waals surface area (Å²) >= 11 is 6.15. The third kappa shape index (κ3) is 3.65. The predicted molar refractivity (Wildman–Crippen MR) is 90.0 cm³/mol. The van der Waals surface area contributed by atoms with E-state index in [0.29, 0.717) is 11.8 Å². The van der Waals surface area contributed by atoms with E-state index in [1.807, 2.05) is 25.1 Å². The number of rotatable bonds is 3. The summed E-state index contributed by atoms with van der Waals surface area (Å²) in [6.07, 6.45) is 6.58. The maximum Gasteiger partial charge on any atom is 0.247 e. The van der Waals surface area contributed by atoms with Crippen LogP contribution in [0, 0.1) is 6.92 Å². The Labute approximate surface area is 135 Å². The second-order valence-corrected chi connectivity index (χ2v) is 6.04. The lowest BCUT2D eigenvalue weighted by molar-refractivity contribution is 0.726. The SMILES string of the molecule is Cc1ccc(Nc2cnnc(N3CCCCCC3)n2)cc1Cl. The van der Waals surface area contributed by atoms with Gasteiger partial charge in [0.1, 0.15) is 0 Å². The second-order valence-electron chi connectivity index (χ2n) is 5.63. The molecular weight excluding hydrogens is 298 g/mol. The zero-order valence-electron chi connectivity index (χ0n) is 12.7. The highest BCUT2D eigenvalue weighted by molar-refractivity contribution is 6.31. The van der Waals surface area contributed by atoms with E-state index in [-0.39, 0.29) is 0 Å². The maximum absolute atomic E-state index is 6.15. The largest absolute Gasteiger partial charge is 0.339 e. The molecule has 1 N–H and O–H groups in total. The van der Waals surface area contributed by atoms with Gasteiger partial charge < -0.3 is 10.2 Å². The molecule has 3 rings (SSSR count). The maximum atomic E-state index is 6.15. The van der Waals surface area contributed by atoms with Crippen LogP contribution in [-0.2, 0) is 0 Å². The molecule has 0 atom stereocenters. The Bertz CT molecular complexity index is 638. The molecule has 1 fully saturated rings. The van der Waals surface area contributed by atoms with Gasteiger partial charge in [-0.25, -0.2) is 0 Å². The Hall–Kier alpha value is -1.88. The summed E-state index contributed by atoms with van der Waals surface area (Å²) in [5.74, 6) is 1.39. The molecule has 0 aliphatic carbocycles. The van der Waals surface area contributed by atoms with Crippen LogP contribution in [0.3, 0.4) is 0 Å². The summed E-state index contributed by atoms with van der Waals surface area (Å²) in [5, 5.41) is 12.2. The Morgan fingerprint density at radius 3 is 2.64 bits per heavy atom. The van der Waals surface area contributed by atoms with Gasteiger partial charge in [0.2, 0.25) is 5.95 Å². The van der Waals surface area contributed by atoms with Crippen molar-refractivity contribution >= 4 is 29.1 Å². The summed E-state index contributed by atoms with van der Waals surface area (Å²) in [6.45, 7) is 3.98. The lowest BCUT2D eigenvalue weighted by Crippen LogP contribution is -2.26. The number of hydrogen-bond acceptors (Lipinski definition) is 5. The molecule has 1 saturated heterocycles. The summed E-state index contributed by atoms with van der Waals surface area (Å²) in [7, 11) is 0. The van der Waals surface area contributed by atoms with Crippen LogP contribution < -0.4 is 10.2 Å². The van der Waals surface area contributed by atoms with Gasteiger partial charge in [0.25, 0.3) is 0 Å². The monoisotopic (exact) mass is 317 g/mol. The van der Waals surface area contributed by atoms with Crippen molar-refractivity contribution in [1.29, 1.82) is 0 Å². The number of benzene rings is 1. The molecule has 0 unspecified atom stereocenters. The van der Waals surface area contributed by atoms with Crippen molar-refractivity contribution in [2.45, 2.75) is 32.6 Å². The highest BCUT2D eigenvalue weighted by atomic mass is 35.5. The van der Waals surface area contributed by atoms with Crippen molar-refractivity contribution in [1.82, 2.24) is 15.2 Å². The zero-order valence-corrected chi connectivity index (χ0v) is 13.5. The molecule has 0 bridgehead atoms. The summed E-state index contributed by atoms with van der Waals surface area (Å²) in [5.41, 5.74) is 1.95. The smallest absolute Gasteiger partial charge is 0.247 e. The van der Waals surface area contributed by atoms with Crippen LogP contribution in [0.15, 0.2) is 24.4 Å². The van der Waals surface area contributed by atoms with Crippen LogP contribution in [0.4, 0.5) is 17.5 Å². The molecule has 1 aliphatic heterocycles. The number of nitrogens with zero attached hydrogens (tertiary/aromatic N) is 4. The van der Waals surface area contributed by atoms with Gasteiger partial charge in [0.05, 0.1) is 6.20 Å². The first kappa shape index (κ1) is 15.0. The molecule has 22 heavy (non-hydrogen) atoms. The Morgan fingerprint density at radius 2 is 1.91 bits per heavy atom. The molecule has 2 aromatic rings. The molecule has 1 aromatic carbocycles. The Kier molecular flexibility index (Phi) is 4.73. The average Bonchev–Trinajstić information content (AvgIpc) is 2.80. The van der Waals surface area contributed by atoms with Crippen molar-refractivity contribution in [3.05, 3.63) is 35.0 Å². The first-order valence-electron chi connectivity index (χ1n) is 7.70. The van der Waals surface area contributed by atoms with Crippen LogP contribution >= 0.6 is 11.6 Å². The number of aromatic nitrogens is 3. The molecule has 0 spiro atoms. The van der Waals surface area contributed by atoms with Crippen molar-refractivity contribution in [3.63, 3.8) is 0 Å². The average molecular weight is 318 g/mol. The quantitative estimate of drug-likeness (QED) is 0.928. The molecule has 5 nitrogen and oxygen atoms in total. The van der Waals surface area contributed by atoms with Gasteiger partial charge in [-0.1, -0.05) is 30.5 Å². The molecule has 116 valence electrons. The fourth-order valence-corrected chi connectivity index (χ4v) is 2.76. The van der Waals surface area contributed by atoms with Crippen LogP contribution in [0.25, 0.3) is 0 Å². The van der Waals surface area contributed by atoms with Gasteiger partial charge in [-0.05, 0) is 37.5 Å². The molecular formula is C16H20ClN5. The minimum absolute atomic E-state index is 0.689. The Morgan fingerprint density at radius 1 is 1.14 bits per heavy atom. The number of nitrogens with one attached hydrogen (secondary N) is 1. The summed E-state index contributed by atoms with van der Waals surface area (Å²) in [4.78, 5) is 6.80. The molecule has 0 saturated carbocycles. The molecule has 6 heteroatoms. The zero-order chi connectivity index (χ0) is 15.4. The van der Waals surface area contributed by atoms with E-state index in [2.05, 4.69) is 25.4 Å². The van der Waals surface area contributed by atoms with Crippen LogP contribution in [-0.4, -0.2) is 28.3 Å². The predicted octanol–water partition coefficient (Wildman–Crippen LogP) is 3.96. The van der Waals surface area contributed by atoms with E-state index in [0.717, 1.165) is 29.4 Å². The topological polar surface area (TPSA) is 53.9 Å². The molecule has 0 radical (unpaired) electrons. The third-order valence-electron chi connectivity index (χ3n) is 3.88. The lowest BCUT2D eigenvalue weighted by Gasteiger charge is -2.19. The second kappa shape index (κ2) is 6.92. The molecule has 0 amide bonds. The van der Waals surface area contributed by atoms with E-state index in [9.17, 15) is 0 Å². The number of anilines is 3. The van der Waals surface area contributed by atoms with Gasteiger partial charge in [0.15, 0.2) is 5.82 Å². The van der Waals surface area contributed by atoms with Crippen molar-refractivity contribution in [3.8, 4) is 0 Å². The fraction of sp³-hybridized carbons (Fsp3) is 0.438. The van der Waals surface area contributed by atoms with E-state index in [1.165, 1.54) is 25.7 Å². The van der Waals surface area contributed by atoms with Gasteiger partial charge >= 0.3 is 0 Å². The lowest BCUT2D eigenvalue weighted by atomic mass is 10.2. The minimum atomic E-state index is 0.689. The number of hydrogen-bond donors (Lipinski definition) is 1. The molecule has 1 aliphatic rings. The van der Waals surface area contributed by atoms with E-state index in [1.54, 1.807) is 6.20 Å². The molecule has 2 heterocycles. The van der Waals surface area contributed by atoms with Crippen molar-refractivity contribution < 1.29 is 0 Å². The Balaban J connectivity index is 1.76. The summed E-state index contributed by atoms with van der Waals surface area (Å²) < 4.78 is 0. The van der Waals surface area contributed by atoms with Crippen LogP contribution in [0.1, 0.15) is 31.2 Å². The van der Waals surface area contributed by atoms with Gasteiger partial charge in [0, 0.05) is 23.8 Å². The molecule has 1 aromatic heterocycles. The normalized spacial score (nSPS) is 15.5. The van der Waals surface area contributed by atoms with Gasteiger partial charge in [-0.15, -0.1) is 5.10 Å². The highest BCUT2D eigenvalue weighted by Gasteiger charge is 2.13. The van der Waals surface area contributed by atoms with Crippen LogP contribution in [0.2, 0.25) is 5.02 Å². The number of aryl methyl sites for hydroxylation is 1. The van der Waals surface area contributed by atoms with E-state index >= 15 is 0 Å². The first-order chi connectivity index (χ1) is 10.7. The van der Waals surface area contributed by atoms with E-state index < -0.39 is 0 Å². The van der Waals surface area contributed by atoms with Gasteiger partial charge in [-0.3, -0.25) is 0 Å². The number of halogens is 1. The third-order valence-corrected chi connectivity index (χ3v) is 4.29. The van der Waals surface area contributed by atoms with Crippen LogP contribution in [0.5, 0.6) is 0 Å². The van der Waals surface area contributed by atoms with Crippen molar-refractivity contribution in [2.24, 2.45) is 0 Å². The standard InChI is InChI=1S/C16H20ClN5/c1-12-6-7-13(10-14(12)17)19-15-11-18-21-16(20-15)22-8-4-2-3-5-9-22/h6-7,10-11H,2-5,8-9H2,1H3,(H,19,20,21). The van der Waals surface area contributed by atoms with Gasteiger partial charge in [-0.2, -0.15) is 10.1 Å². The van der Waals surface area contributed by atoms with Crippen molar-refractivity contribution in [2.75, 3.05) is 23.3 Å².